The first-order chi connectivity index (χ1) is 15.0. The number of carbonyl (C=O) groups excluding carboxylic acids is 1. The maximum absolute atomic E-state index is 13.1. The summed E-state index contributed by atoms with van der Waals surface area (Å²) in [6.45, 7) is 18.1. The summed E-state index contributed by atoms with van der Waals surface area (Å²) in [4.78, 5) is 18.7. The Morgan fingerprint density at radius 3 is 2.06 bits per heavy atom. The number of thiazole rings is 1. The first kappa shape index (κ1) is 28.1. The number of aromatic nitrogens is 2. The fourth-order valence-corrected chi connectivity index (χ4v) is 25.0. The first-order valence-electron chi connectivity index (χ1n) is 12.7. The average Bonchev–Trinajstić information content (AvgIpc) is 3.32. The molecule has 0 aromatic carbocycles. The summed E-state index contributed by atoms with van der Waals surface area (Å²) >= 11 is -0.617. The van der Waals surface area contributed by atoms with Crippen LogP contribution in [0.25, 0.3) is 4.83 Å². The summed E-state index contributed by atoms with van der Waals surface area (Å²) in [6.07, 6.45) is 12.1. The van der Waals surface area contributed by atoms with E-state index in [1.807, 2.05) is 17.7 Å². The van der Waals surface area contributed by atoms with Crippen LogP contribution in [0.4, 0.5) is 0 Å². The number of imidazole rings is 1. The number of nitrogens with zero attached hydrogens (tertiary/aromatic N) is 2. The molecule has 0 saturated carbocycles. The zero-order chi connectivity index (χ0) is 24.0. The van der Waals surface area contributed by atoms with Crippen molar-refractivity contribution in [2.45, 2.75) is 112 Å². The van der Waals surface area contributed by atoms with Gasteiger partial charge in [0.05, 0.1) is 0 Å². The van der Waals surface area contributed by atoms with Crippen LogP contribution >= 0.6 is 11.3 Å². The van der Waals surface area contributed by atoms with Crippen LogP contribution in [0.3, 0.4) is 0 Å². The van der Waals surface area contributed by atoms with Gasteiger partial charge < -0.3 is 0 Å². The Kier molecular flexibility index (Phi) is 10.5. The van der Waals surface area contributed by atoms with Gasteiger partial charge in [-0.1, -0.05) is 0 Å². The number of ketones is 1. The normalized spacial score (nSPS) is 13.2. The molecule has 0 aliphatic rings. The van der Waals surface area contributed by atoms with Crippen LogP contribution in [0.2, 0.25) is 31.4 Å². The standard InChI is InChI=1S/C13H19N2O2SSi.3C4H9.Sn/c1-13(2,3)19(4,5)17-8-10(16)11-12-15(9-14-11)6-7-18-12;3*1-3-4-2;/h6,9H,8H2,1-5H3;3*1,3-4H2,2H3;. The van der Waals surface area contributed by atoms with E-state index in [2.05, 4.69) is 70.2 Å². The zero-order valence-electron chi connectivity index (χ0n) is 21.8. The van der Waals surface area contributed by atoms with Gasteiger partial charge in [-0.05, 0) is 0 Å². The fourth-order valence-electron chi connectivity index (χ4n) is 4.06. The molecule has 2 heterocycles. The Hall–Kier alpha value is -0.184. The van der Waals surface area contributed by atoms with Gasteiger partial charge in [0.15, 0.2) is 0 Å². The summed E-state index contributed by atoms with van der Waals surface area (Å²) in [5.74, 6) is 0.0298. The van der Waals surface area contributed by atoms with Crippen molar-refractivity contribution < 1.29 is 9.22 Å². The van der Waals surface area contributed by atoms with Crippen molar-refractivity contribution >= 4 is 51.5 Å². The second-order valence-corrected chi connectivity index (χ2v) is 31.0. The topological polar surface area (TPSA) is 43.6 Å². The molecule has 0 bridgehead atoms. The molecule has 0 amide bonds. The molecule has 0 unspecified atom stereocenters. The SMILES string of the molecule is CCC[CH2][Sn]([CH2]CCC)([CH2]CCC)[c]1cn2cnc(C(=O)CO[Si](C)(C)C(C)(C)C)c2s1. The minimum absolute atomic E-state index is 0.0298. The number of Topliss-reactive ketones (excluding diaryl/α,β-unsaturated/α-hetero) is 1. The molecule has 0 aliphatic carbocycles. The average molecular weight is 586 g/mol. The van der Waals surface area contributed by atoms with Crippen LogP contribution in [-0.4, -0.2) is 48.5 Å². The van der Waals surface area contributed by atoms with Crippen molar-refractivity contribution in [1.82, 2.24) is 9.38 Å². The van der Waals surface area contributed by atoms with Gasteiger partial charge in [0, 0.05) is 0 Å². The number of hydrogen-bond acceptors (Lipinski definition) is 4. The Balaban J connectivity index is 2.34. The fraction of sp³-hybridized carbons (Fsp3) is 0.760. The Morgan fingerprint density at radius 1 is 1.06 bits per heavy atom. The van der Waals surface area contributed by atoms with Crippen LogP contribution in [0.5, 0.6) is 0 Å². The van der Waals surface area contributed by atoms with E-state index in [0.29, 0.717) is 5.69 Å². The molecule has 32 heavy (non-hydrogen) atoms. The van der Waals surface area contributed by atoms with E-state index in [4.69, 9.17) is 4.43 Å². The molecule has 0 radical (unpaired) electrons. The van der Waals surface area contributed by atoms with Gasteiger partial charge in [0.1, 0.15) is 0 Å². The summed E-state index contributed by atoms with van der Waals surface area (Å²) < 4.78 is 14.3. The molecule has 2 aromatic rings. The Morgan fingerprint density at radius 2 is 1.59 bits per heavy atom. The van der Waals surface area contributed by atoms with Crippen LogP contribution in [-0.2, 0) is 4.43 Å². The molecule has 0 aliphatic heterocycles. The molecule has 4 nitrogen and oxygen atoms in total. The van der Waals surface area contributed by atoms with Gasteiger partial charge in [-0.25, -0.2) is 0 Å². The molecule has 0 atom stereocenters. The molecule has 7 heteroatoms. The summed E-state index contributed by atoms with van der Waals surface area (Å²) in [7, 11) is -1.96. The molecule has 0 fully saturated rings. The maximum atomic E-state index is 13.1. The van der Waals surface area contributed by atoms with E-state index in [1.54, 1.807) is 2.89 Å². The Bertz CT molecular complexity index is 847. The number of hydrogen-bond donors (Lipinski definition) is 0. The first-order valence-corrected chi connectivity index (χ1v) is 23.9. The van der Waals surface area contributed by atoms with Gasteiger partial charge in [-0.15, -0.1) is 0 Å². The van der Waals surface area contributed by atoms with Crippen molar-refractivity contribution in [3.63, 3.8) is 0 Å². The molecule has 0 saturated heterocycles. The van der Waals surface area contributed by atoms with Crippen molar-refractivity contribution in [2.24, 2.45) is 0 Å². The molecule has 182 valence electrons. The third-order valence-electron chi connectivity index (χ3n) is 7.40. The molecule has 2 aromatic heterocycles. The van der Waals surface area contributed by atoms with Crippen LogP contribution in [0.1, 0.15) is 90.6 Å². The monoisotopic (exact) mass is 586 g/mol. The van der Waals surface area contributed by atoms with Crippen molar-refractivity contribution in [3.8, 4) is 0 Å². The van der Waals surface area contributed by atoms with Crippen LogP contribution in [0, 0.1) is 0 Å². The predicted octanol–water partition coefficient (Wildman–Crippen LogP) is 7.66. The van der Waals surface area contributed by atoms with Gasteiger partial charge in [-0.3, -0.25) is 0 Å². The van der Waals surface area contributed by atoms with E-state index in [9.17, 15) is 4.79 Å². The molecule has 0 spiro atoms. The summed E-state index contributed by atoms with van der Waals surface area (Å²) in [5.41, 5.74) is 0.613. The van der Waals surface area contributed by atoms with E-state index < -0.39 is 26.7 Å². The molecule has 2 rings (SSSR count). The third-order valence-corrected chi connectivity index (χ3v) is 31.1. The van der Waals surface area contributed by atoms with Crippen LogP contribution < -0.4 is 2.89 Å². The number of carbonyl (C=O) groups is 1. The van der Waals surface area contributed by atoms with Gasteiger partial charge in [0.25, 0.3) is 0 Å². The van der Waals surface area contributed by atoms with Crippen molar-refractivity contribution in [2.75, 3.05) is 6.61 Å². The van der Waals surface area contributed by atoms with Crippen LogP contribution in [0.15, 0.2) is 12.5 Å². The van der Waals surface area contributed by atoms with E-state index in [0.717, 1.165) is 4.83 Å². The van der Waals surface area contributed by atoms with Crippen molar-refractivity contribution in [3.05, 3.63) is 18.2 Å². The number of unbranched alkanes of at least 4 members (excludes halogenated alkanes) is 3. The van der Waals surface area contributed by atoms with E-state index >= 15 is 0 Å². The Labute approximate surface area is 205 Å². The third kappa shape index (κ3) is 6.69. The second-order valence-electron chi connectivity index (χ2n) is 11.0. The predicted molar refractivity (Wildman–Crippen MR) is 145 cm³/mol. The number of fused-ring (bicyclic) bond motifs is 1. The zero-order valence-corrected chi connectivity index (χ0v) is 26.5. The van der Waals surface area contributed by atoms with Gasteiger partial charge >= 0.3 is 206 Å². The molecular weight excluding hydrogens is 539 g/mol. The van der Waals surface area contributed by atoms with Gasteiger partial charge in [0.2, 0.25) is 0 Å². The van der Waals surface area contributed by atoms with E-state index in [-0.39, 0.29) is 17.4 Å². The minimum atomic E-state index is -2.50. The summed E-state index contributed by atoms with van der Waals surface area (Å²) in [6, 6.07) is 0. The summed E-state index contributed by atoms with van der Waals surface area (Å²) in [5, 5.41) is 0.0960. The molecular formula is C25H46N2O2SSiSn. The number of rotatable bonds is 14. The van der Waals surface area contributed by atoms with E-state index in [1.165, 1.54) is 51.8 Å². The molecule has 0 N–H and O–H groups in total. The quantitative estimate of drug-likeness (QED) is 0.169. The second kappa shape index (κ2) is 12.0. The van der Waals surface area contributed by atoms with Gasteiger partial charge in [-0.2, -0.15) is 0 Å². The van der Waals surface area contributed by atoms with Crippen molar-refractivity contribution in [1.29, 1.82) is 0 Å².